The van der Waals surface area contributed by atoms with Gasteiger partial charge in [-0.05, 0) is 0 Å². The monoisotopic (exact) mass is 349 g/mol. The standard InChI is InChI=1S/C10H14N5O6P.H2O/c11-9-8-10(13-3-12-9)15(4-14-8)7-1-5(16)6(21-7)2-20-22(17,18)19;/h3-7,16H,1-2H2,(H2,11,12,13)(H2,17,18,19);1H2. The Labute approximate surface area is 129 Å². The van der Waals surface area contributed by atoms with Crippen molar-refractivity contribution >= 4 is 24.8 Å². The molecule has 0 spiro atoms. The van der Waals surface area contributed by atoms with Crippen LogP contribution in [-0.4, -0.2) is 58.7 Å². The average molecular weight is 349 g/mol. The fourth-order valence-corrected chi connectivity index (χ4v) is 2.63. The molecule has 0 aromatic carbocycles. The van der Waals surface area contributed by atoms with Crippen molar-refractivity contribution in [2.75, 3.05) is 12.3 Å². The van der Waals surface area contributed by atoms with Crippen LogP contribution in [0, 0.1) is 0 Å². The van der Waals surface area contributed by atoms with Gasteiger partial charge in [-0.25, -0.2) is 19.5 Å². The molecule has 1 aliphatic heterocycles. The summed E-state index contributed by atoms with van der Waals surface area (Å²) in [6.45, 7) is -0.425. The smallest absolute Gasteiger partial charge is 0.412 e. The van der Waals surface area contributed by atoms with E-state index < -0.39 is 32.9 Å². The molecule has 12 nitrogen and oxygen atoms in total. The largest absolute Gasteiger partial charge is 0.469 e. The van der Waals surface area contributed by atoms with Gasteiger partial charge in [0.15, 0.2) is 11.5 Å². The molecule has 0 aliphatic carbocycles. The number of phosphoric ester groups is 1. The summed E-state index contributed by atoms with van der Waals surface area (Å²) in [7, 11) is -4.62. The van der Waals surface area contributed by atoms with Gasteiger partial charge in [0.1, 0.15) is 24.2 Å². The first-order valence-electron chi connectivity index (χ1n) is 6.32. The second-order valence-electron chi connectivity index (χ2n) is 4.80. The fraction of sp³-hybridized carbons (Fsp3) is 0.500. The zero-order valence-corrected chi connectivity index (χ0v) is 12.6. The van der Waals surface area contributed by atoms with Crippen molar-refractivity contribution in [1.82, 2.24) is 19.5 Å². The minimum absolute atomic E-state index is 0. The van der Waals surface area contributed by atoms with Gasteiger partial charge in [0, 0.05) is 6.42 Å². The maximum Gasteiger partial charge on any atom is 0.469 e. The van der Waals surface area contributed by atoms with Crippen LogP contribution in [0.4, 0.5) is 5.82 Å². The van der Waals surface area contributed by atoms with Gasteiger partial charge in [-0.15, -0.1) is 0 Å². The lowest BCUT2D eigenvalue weighted by Gasteiger charge is -2.16. The molecule has 3 unspecified atom stereocenters. The fourth-order valence-electron chi connectivity index (χ4n) is 2.29. The number of aromatic nitrogens is 4. The number of aliphatic hydroxyl groups excluding tert-OH is 1. The lowest BCUT2D eigenvalue weighted by atomic mass is 10.2. The van der Waals surface area contributed by atoms with Crippen molar-refractivity contribution in [2.45, 2.75) is 24.9 Å². The number of anilines is 1. The number of hydrogen-bond donors (Lipinski definition) is 4. The van der Waals surface area contributed by atoms with Gasteiger partial charge in [-0.2, -0.15) is 0 Å². The average Bonchev–Trinajstić information content (AvgIpc) is 3.00. The summed E-state index contributed by atoms with van der Waals surface area (Å²) in [4.78, 5) is 29.4. The lowest BCUT2D eigenvalue weighted by molar-refractivity contribution is -0.0424. The van der Waals surface area contributed by atoms with Crippen LogP contribution in [0.5, 0.6) is 0 Å². The highest BCUT2D eigenvalue weighted by Crippen LogP contribution is 2.38. The van der Waals surface area contributed by atoms with Crippen molar-refractivity contribution in [2.24, 2.45) is 0 Å². The maximum atomic E-state index is 10.7. The molecule has 2 aromatic heterocycles. The Morgan fingerprint density at radius 2 is 2.17 bits per heavy atom. The van der Waals surface area contributed by atoms with Gasteiger partial charge >= 0.3 is 7.82 Å². The molecule has 0 radical (unpaired) electrons. The molecule has 0 bridgehead atoms. The highest BCUT2D eigenvalue weighted by atomic mass is 31.2. The van der Waals surface area contributed by atoms with Gasteiger partial charge in [0.2, 0.25) is 0 Å². The van der Waals surface area contributed by atoms with Gasteiger partial charge in [-0.3, -0.25) is 9.09 Å². The van der Waals surface area contributed by atoms with Crippen LogP contribution < -0.4 is 5.73 Å². The molecule has 1 fully saturated rings. The van der Waals surface area contributed by atoms with Gasteiger partial charge in [0.25, 0.3) is 0 Å². The van der Waals surface area contributed by atoms with E-state index in [1.54, 1.807) is 4.57 Å². The van der Waals surface area contributed by atoms with E-state index in [1.165, 1.54) is 12.7 Å². The third-order valence-corrected chi connectivity index (χ3v) is 3.79. The van der Waals surface area contributed by atoms with Crippen molar-refractivity contribution in [3.05, 3.63) is 12.7 Å². The molecule has 7 N–H and O–H groups in total. The first-order chi connectivity index (χ1) is 10.3. The predicted molar refractivity (Wildman–Crippen MR) is 75.9 cm³/mol. The van der Waals surface area contributed by atoms with Gasteiger partial charge < -0.3 is 30.8 Å². The Kier molecular flexibility index (Phi) is 4.96. The van der Waals surface area contributed by atoms with Crippen LogP contribution >= 0.6 is 7.82 Å². The molecule has 23 heavy (non-hydrogen) atoms. The Balaban J connectivity index is 0.00000192. The zero-order chi connectivity index (χ0) is 15.9. The molecule has 3 rings (SSSR count). The lowest BCUT2D eigenvalue weighted by Crippen LogP contribution is -2.25. The Hall–Kier alpha value is -1.66. The van der Waals surface area contributed by atoms with E-state index in [4.69, 9.17) is 20.3 Å². The third kappa shape index (κ3) is 3.64. The number of nitrogens with two attached hydrogens (primary N) is 1. The number of imidazole rings is 1. The SMILES string of the molecule is Nc1ncnc2c1ncn2C1CC(O)C(COP(=O)(O)O)O1.O. The second-order valence-corrected chi connectivity index (χ2v) is 6.04. The van der Waals surface area contributed by atoms with E-state index in [0.717, 1.165) is 0 Å². The minimum atomic E-state index is -4.62. The van der Waals surface area contributed by atoms with Crippen molar-refractivity contribution in [3.63, 3.8) is 0 Å². The van der Waals surface area contributed by atoms with Crippen molar-refractivity contribution < 1.29 is 34.2 Å². The van der Waals surface area contributed by atoms with E-state index in [1.807, 2.05) is 0 Å². The number of nitrogen functional groups attached to an aromatic ring is 1. The Morgan fingerprint density at radius 3 is 2.87 bits per heavy atom. The maximum absolute atomic E-state index is 10.7. The van der Waals surface area contributed by atoms with E-state index in [9.17, 15) is 9.67 Å². The number of hydrogen-bond acceptors (Lipinski definition) is 8. The van der Waals surface area contributed by atoms with Crippen molar-refractivity contribution in [1.29, 1.82) is 0 Å². The van der Waals surface area contributed by atoms with Crippen LogP contribution in [0.15, 0.2) is 12.7 Å². The molecule has 3 heterocycles. The highest BCUT2D eigenvalue weighted by molar-refractivity contribution is 7.46. The summed E-state index contributed by atoms with van der Waals surface area (Å²) in [6.07, 6.45) is 0.543. The predicted octanol–water partition coefficient (Wildman–Crippen LogP) is -1.66. The molecule has 0 saturated carbocycles. The number of rotatable bonds is 4. The van der Waals surface area contributed by atoms with Crippen LogP contribution in [0.25, 0.3) is 11.2 Å². The third-order valence-electron chi connectivity index (χ3n) is 3.31. The molecule has 3 atom stereocenters. The molecule has 1 aliphatic rings. The first kappa shape index (κ1) is 17.7. The molecule has 1 saturated heterocycles. The Bertz CT molecular complexity index is 733. The highest BCUT2D eigenvalue weighted by Gasteiger charge is 2.37. The first-order valence-corrected chi connectivity index (χ1v) is 7.85. The van der Waals surface area contributed by atoms with E-state index >= 15 is 0 Å². The van der Waals surface area contributed by atoms with Crippen LogP contribution in [-0.2, 0) is 13.8 Å². The number of nitrogens with zero attached hydrogens (tertiary/aromatic N) is 4. The summed E-state index contributed by atoms with van der Waals surface area (Å²) in [6, 6.07) is 0. The molecular weight excluding hydrogens is 333 g/mol. The second kappa shape index (κ2) is 6.45. The van der Waals surface area contributed by atoms with E-state index in [2.05, 4.69) is 19.5 Å². The number of aliphatic hydroxyl groups is 1. The summed E-state index contributed by atoms with van der Waals surface area (Å²) in [5, 5.41) is 9.93. The summed E-state index contributed by atoms with van der Waals surface area (Å²) in [5.41, 5.74) is 6.55. The van der Waals surface area contributed by atoms with Gasteiger partial charge in [-0.1, -0.05) is 0 Å². The topological polar surface area (TPSA) is 197 Å². The molecule has 13 heteroatoms. The molecule has 128 valence electrons. The summed E-state index contributed by atoms with van der Waals surface area (Å²) in [5.74, 6) is 0.226. The number of phosphoric acid groups is 1. The molecule has 0 amide bonds. The summed E-state index contributed by atoms with van der Waals surface area (Å²) < 4.78 is 22.2. The van der Waals surface area contributed by atoms with Crippen LogP contribution in [0.3, 0.4) is 0 Å². The molecular formula is C10H16N5O7P. The van der Waals surface area contributed by atoms with Gasteiger partial charge in [0.05, 0.1) is 19.0 Å². The van der Waals surface area contributed by atoms with Crippen molar-refractivity contribution in [3.8, 4) is 0 Å². The van der Waals surface area contributed by atoms with E-state index in [-0.39, 0.29) is 17.7 Å². The Morgan fingerprint density at radius 1 is 1.43 bits per heavy atom. The van der Waals surface area contributed by atoms with Crippen LogP contribution in [0.2, 0.25) is 0 Å². The number of fused-ring (bicyclic) bond motifs is 1. The van der Waals surface area contributed by atoms with E-state index in [0.29, 0.717) is 11.2 Å². The molecule has 2 aromatic rings. The quantitative estimate of drug-likeness (QED) is 0.463. The normalized spacial score (nSPS) is 24.7. The number of ether oxygens (including phenoxy) is 1. The van der Waals surface area contributed by atoms with Crippen LogP contribution in [0.1, 0.15) is 12.6 Å². The summed E-state index contributed by atoms with van der Waals surface area (Å²) >= 11 is 0. The minimum Gasteiger partial charge on any atom is -0.412 e. The zero-order valence-electron chi connectivity index (χ0n) is 11.7.